The SMILES string of the molecule is CCNC(=NCCc1ccc(C)nc1)N1CC2OCCN(Cc3ccccc3)C2C1. The molecule has 1 aromatic heterocycles. The number of aliphatic imine (C=N–C) groups is 1. The fraction of sp³-hybridized carbons (Fsp3) is 0.500. The fourth-order valence-electron chi connectivity index (χ4n) is 4.31. The normalized spacial score (nSPS) is 22.2. The molecule has 0 amide bonds. The van der Waals surface area contributed by atoms with E-state index in [1.54, 1.807) is 0 Å². The number of guanidine groups is 1. The van der Waals surface area contributed by atoms with Crippen LogP contribution in [-0.4, -0.2) is 72.2 Å². The van der Waals surface area contributed by atoms with Crippen LogP contribution in [0.5, 0.6) is 0 Å². The Hall–Kier alpha value is -2.44. The molecule has 6 heteroatoms. The summed E-state index contributed by atoms with van der Waals surface area (Å²) in [5.41, 5.74) is 3.65. The third kappa shape index (κ3) is 5.18. The quantitative estimate of drug-likeness (QED) is 0.589. The highest BCUT2D eigenvalue weighted by molar-refractivity contribution is 5.80. The van der Waals surface area contributed by atoms with Gasteiger partial charge in [-0.3, -0.25) is 14.9 Å². The number of hydrogen-bond donors (Lipinski definition) is 1. The largest absolute Gasteiger partial charge is 0.373 e. The third-order valence-corrected chi connectivity index (χ3v) is 5.91. The predicted octanol–water partition coefficient (Wildman–Crippen LogP) is 2.48. The first-order valence-electron chi connectivity index (χ1n) is 11.1. The van der Waals surface area contributed by atoms with Gasteiger partial charge >= 0.3 is 0 Å². The van der Waals surface area contributed by atoms with Gasteiger partial charge in [0.25, 0.3) is 0 Å². The van der Waals surface area contributed by atoms with Crippen LogP contribution in [0.3, 0.4) is 0 Å². The Labute approximate surface area is 180 Å². The Morgan fingerprint density at radius 3 is 2.80 bits per heavy atom. The summed E-state index contributed by atoms with van der Waals surface area (Å²) in [6, 6.07) is 15.4. The number of aromatic nitrogens is 1. The van der Waals surface area contributed by atoms with E-state index in [-0.39, 0.29) is 6.10 Å². The highest BCUT2D eigenvalue weighted by atomic mass is 16.5. The van der Waals surface area contributed by atoms with Gasteiger partial charge in [-0.2, -0.15) is 0 Å². The molecule has 0 bridgehead atoms. The van der Waals surface area contributed by atoms with Crippen molar-refractivity contribution in [2.45, 2.75) is 39.0 Å². The maximum Gasteiger partial charge on any atom is 0.194 e. The molecule has 1 N–H and O–H groups in total. The molecule has 4 rings (SSSR count). The molecular formula is C24H33N5O. The first-order valence-corrected chi connectivity index (χ1v) is 11.1. The Morgan fingerprint density at radius 1 is 1.17 bits per heavy atom. The zero-order valence-corrected chi connectivity index (χ0v) is 18.1. The van der Waals surface area contributed by atoms with Gasteiger partial charge in [-0.1, -0.05) is 36.4 Å². The molecule has 160 valence electrons. The number of rotatable bonds is 6. The van der Waals surface area contributed by atoms with E-state index in [9.17, 15) is 0 Å². The van der Waals surface area contributed by atoms with E-state index in [0.717, 1.165) is 63.9 Å². The molecule has 3 heterocycles. The smallest absolute Gasteiger partial charge is 0.194 e. The van der Waals surface area contributed by atoms with Crippen molar-refractivity contribution in [1.82, 2.24) is 20.1 Å². The van der Waals surface area contributed by atoms with Crippen molar-refractivity contribution >= 4 is 5.96 Å². The lowest BCUT2D eigenvalue weighted by atomic mass is 10.1. The monoisotopic (exact) mass is 407 g/mol. The summed E-state index contributed by atoms with van der Waals surface area (Å²) in [4.78, 5) is 14.2. The van der Waals surface area contributed by atoms with Crippen molar-refractivity contribution in [1.29, 1.82) is 0 Å². The van der Waals surface area contributed by atoms with Gasteiger partial charge in [0.1, 0.15) is 0 Å². The lowest BCUT2D eigenvalue weighted by Gasteiger charge is -2.36. The molecule has 6 nitrogen and oxygen atoms in total. The van der Waals surface area contributed by atoms with Crippen LogP contribution in [0.1, 0.15) is 23.7 Å². The number of pyridine rings is 1. The van der Waals surface area contributed by atoms with Crippen LogP contribution in [0, 0.1) is 6.92 Å². The Morgan fingerprint density at radius 2 is 2.03 bits per heavy atom. The van der Waals surface area contributed by atoms with Crippen LogP contribution < -0.4 is 5.32 Å². The average molecular weight is 408 g/mol. The summed E-state index contributed by atoms with van der Waals surface area (Å²) < 4.78 is 6.14. The Balaban J connectivity index is 1.39. The van der Waals surface area contributed by atoms with Crippen molar-refractivity contribution in [3.05, 3.63) is 65.5 Å². The zero-order valence-electron chi connectivity index (χ0n) is 18.1. The summed E-state index contributed by atoms with van der Waals surface area (Å²) >= 11 is 0. The number of ether oxygens (including phenoxy) is 1. The second kappa shape index (κ2) is 10.0. The number of nitrogens with zero attached hydrogens (tertiary/aromatic N) is 4. The van der Waals surface area contributed by atoms with E-state index >= 15 is 0 Å². The predicted molar refractivity (Wildman–Crippen MR) is 121 cm³/mol. The lowest BCUT2D eigenvalue weighted by Crippen LogP contribution is -2.50. The third-order valence-electron chi connectivity index (χ3n) is 5.91. The van der Waals surface area contributed by atoms with E-state index in [1.807, 2.05) is 13.1 Å². The molecule has 30 heavy (non-hydrogen) atoms. The van der Waals surface area contributed by atoms with E-state index in [4.69, 9.17) is 9.73 Å². The molecule has 0 aliphatic carbocycles. The second-order valence-corrected chi connectivity index (χ2v) is 8.13. The number of likely N-dealkylation sites (tertiary alicyclic amines) is 1. The standard InChI is InChI=1S/C24H33N5O/c1-3-25-24(26-12-11-20-10-9-19(2)27-15-20)29-17-22-23(18-29)30-14-13-28(22)16-21-7-5-4-6-8-21/h4-10,15,22-23H,3,11-14,16-18H2,1-2H3,(H,25,26). The number of morpholine rings is 1. The van der Waals surface area contributed by atoms with Crippen LogP contribution >= 0.6 is 0 Å². The van der Waals surface area contributed by atoms with Crippen LogP contribution in [0.25, 0.3) is 0 Å². The lowest BCUT2D eigenvalue weighted by molar-refractivity contribution is -0.0502. The molecular weight excluding hydrogens is 374 g/mol. The molecule has 2 fully saturated rings. The first kappa shape index (κ1) is 20.8. The van der Waals surface area contributed by atoms with Crippen molar-refractivity contribution < 1.29 is 4.74 Å². The van der Waals surface area contributed by atoms with E-state index in [2.05, 4.69) is 69.5 Å². The number of hydrogen-bond acceptors (Lipinski definition) is 4. The van der Waals surface area contributed by atoms with Gasteiger partial charge in [-0.25, -0.2) is 0 Å². The molecule has 2 atom stereocenters. The van der Waals surface area contributed by atoms with Crippen LogP contribution in [-0.2, 0) is 17.7 Å². The number of fused-ring (bicyclic) bond motifs is 1. The minimum Gasteiger partial charge on any atom is -0.373 e. The topological polar surface area (TPSA) is 53.0 Å². The van der Waals surface area contributed by atoms with E-state index in [0.29, 0.717) is 6.04 Å². The van der Waals surface area contributed by atoms with Gasteiger partial charge in [0.2, 0.25) is 0 Å². The van der Waals surface area contributed by atoms with Gasteiger partial charge in [-0.15, -0.1) is 0 Å². The molecule has 2 aliphatic rings. The second-order valence-electron chi connectivity index (χ2n) is 8.13. The highest BCUT2D eigenvalue weighted by Gasteiger charge is 2.41. The van der Waals surface area contributed by atoms with Gasteiger partial charge in [0, 0.05) is 51.2 Å². The Bertz CT molecular complexity index is 823. The number of nitrogens with one attached hydrogen (secondary N) is 1. The first-order chi connectivity index (χ1) is 14.7. The van der Waals surface area contributed by atoms with E-state index in [1.165, 1.54) is 11.1 Å². The average Bonchev–Trinajstić information content (AvgIpc) is 3.21. The highest BCUT2D eigenvalue weighted by Crippen LogP contribution is 2.24. The van der Waals surface area contributed by atoms with Crippen molar-refractivity contribution in [3.63, 3.8) is 0 Å². The van der Waals surface area contributed by atoms with Gasteiger partial charge in [0.15, 0.2) is 5.96 Å². The summed E-state index contributed by atoms with van der Waals surface area (Å²) in [6.07, 6.45) is 3.10. The molecule has 0 spiro atoms. The fourth-order valence-corrected chi connectivity index (χ4v) is 4.31. The van der Waals surface area contributed by atoms with Crippen LogP contribution in [0.15, 0.2) is 53.7 Å². The Kier molecular flexibility index (Phi) is 6.97. The maximum atomic E-state index is 6.14. The summed E-state index contributed by atoms with van der Waals surface area (Å²) in [5, 5.41) is 3.48. The molecule has 2 unspecified atom stereocenters. The summed E-state index contributed by atoms with van der Waals surface area (Å²) in [7, 11) is 0. The zero-order chi connectivity index (χ0) is 20.8. The number of aryl methyl sites for hydroxylation is 1. The number of benzene rings is 1. The summed E-state index contributed by atoms with van der Waals surface area (Å²) in [5.74, 6) is 0.996. The molecule has 1 aromatic carbocycles. The molecule has 2 aromatic rings. The minimum absolute atomic E-state index is 0.243. The van der Waals surface area contributed by atoms with E-state index < -0.39 is 0 Å². The van der Waals surface area contributed by atoms with Crippen LogP contribution in [0.2, 0.25) is 0 Å². The van der Waals surface area contributed by atoms with Crippen molar-refractivity contribution in [2.24, 2.45) is 4.99 Å². The van der Waals surface area contributed by atoms with Gasteiger partial charge in [0.05, 0.1) is 18.8 Å². The molecule has 2 saturated heterocycles. The molecule has 0 radical (unpaired) electrons. The van der Waals surface area contributed by atoms with Gasteiger partial charge < -0.3 is 15.0 Å². The van der Waals surface area contributed by atoms with Crippen molar-refractivity contribution in [2.75, 3.05) is 39.3 Å². The van der Waals surface area contributed by atoms with Crippen LogP contribution in [0.4, 0.5) is 0 Å². The molecule has 2 aliphatic heterocycles. The maximum absolute atomic E-state index is 6.14. The minimum atomic E-state index is 0.243. The van der Waals surface area contributed by atoms with Gasteiger partial charge in [-0.05, 0) is 37.5 Å². The summed E-state index contributed by atoms with van der Waals surface area (Å²) in [6.45, 7) is 10.4. The van der Waals surface area contributed by atoms with Crippen molar-refractivity contribution in [3.8, 4) is 0 Å². The molecule has 0 saturated carbocycles.